The number of fused-ring (bicyclic) bond motifs is 1. The number of anilines is 1. The molecule has 2 aromatic carbocycles. The third-order valence-electron chi connectivity index (χ3n) is 6.00. The predicted octanol–water partition coefficient (Wildman–Crippen LogP) is 7.46. The van der Waals surface area contributed by atoms with Crippen molar-refractivity contribution in [3.63, 3.8) is 0 Å². The second-order valence-electron chi connectivity index (χ2n) is 8.58. The van der Waals surface area contributed by atoms with E-state index >= 15 is 0 Å². The lowest BCUT2D eigenvalue weighted by atomic mass is 10.0. The number of nitrogens with one attached hydrogen (secondary N) is 1. The van der Waals surface area contributed by atoms with Crippen LogP contribution in [-0.2, 0) is 12.7 Å². The van der Waals surface area contributed by atoms with Gasteiger partial charge in [0.2, 0.25) is 5.95 Å². The second-order valence-corrected chi connectivity index (χ2v) is 8.58. The van der Waals surface area contributed by atoms with E-state index in [4.69, 9.17) is 10.5 Å². The number of imidazole rings is 1. The molecular formula is C27H21F3N8. The number of benzene rings is 2. The Morgan fingerprint density at radius 3 is 2.61 bits per heavy atom. The molecule has 190 valence electrons. The smallest absolute Gasteiger partial charge is 0.348 e. The number of rotatable bonds is 7. The minimum absolute atomic E-state index is 0.0907. The topological polar surface area (TPSA) is 104 Å². The molecule has 0 saturated carbocycles. The fourth-order valence-corrected chi connectivity index (χ4v) is 4.16. The van der Waals surface area contributed by atoms with Crippen LogP contribution in [0, 0.1) is 0 Å². The Hall–Kier alpha value is -4.89. The van der Waals surface area contributed by atoms with Crippen LogP contribution in [0.4, 0.5) is 19.1 Å². The van der Waals surface area contributed by atoms with Gasteiger partial charge >= 0.3 is 6.18 Å². The minimum Gasteiger partial charge on any atom is -0.348 e. The first-order valence-electron chi connectivity index (χ1n) is 11.7. The Morgan fingerprint density at radius 1 is 1.03 bits per heavy atom. The maximum absolute atomic E-state index is 13.5. The van der Waals surface area contributed by atoms with Crippen LogP contribution in [0.2, 0.25) is 0 Å². The highest BCUT2D eigenvalue weighted by atomic mass is 19.4. The molecule has 0 unspecified atom stereocenters. The van der Waals surface area contributed by atoms with Crippen molar-refractivity contribution in [2.45, 2.75) is 25.7 Å². The van der Waals surface area contributed by atoms with Crippen molar-refractivity contribution in [2.75, 3.05) is 5.32 Å². The van der Waals surface area contributed by atoms with Crippen molar-refractivity contribution >= 4 is 11.6 Å². The van der Waals surface area contributed by atoms with Gasteiger partial charge in [0.25, 0.3) is 0 Å². The van der Waals surface area contributed by atoms with Crippen LogP contribution in [0.5, 0.6) is 0 Å². The molecule has 0 saturated heterocycles. The Morgan fingerprint density at radius 2 is 1.84 bits per heavy atom. The number of aromatic nitrogens is 4. The van der Waals surface area contributed by atoms with Gasteiger partial charge in [-0.05, 0) is 47.8 Å². The molecule has 0 aliphatic carbocycles. The lowest BCUT2D eigenvalue weighted by Gasteiger charge is -2.15. The number of hydrogen-bond donors (Lipinski definition) is 1. The third-order valence-corrected chi connectivity index (χ3v) is 6.00. The van der Waals surface area contributed by atoms with Gasteiger partial charge in [0, 0.05) is 22.9 Å². The molecule has 0 bridgehead atoms. The molecule has 11 heteroatoms. The third kappa shape index (κ3) is 5.14. The van der Waals surface area contributed by atoms with Crippen molar-refractivity contribution in [3.05, 3.63) is 112 Å². The van der Waals surface area contributed by atoms with Gasteiger partial charge in [-0.1, -0.05) is 53.6 Å². The summed E-state index contributed by atoms with van der Waals surface area (Å²) in [5.41, 5.74) is 11.8. The van der Waals surface area contributed by atoms with Crippen LogP contribution in [0.1, 0.15) is 29.7 Å². The Kier molecular flexibility index (Phi) is 6.68. The summed E-state index contributed by atoms with van der Waals surface area (Å²) in [6, 6.07) is 19.9. The van der Waals surface area contributed by atoms with E-state index in [2.05, 4.69) is 25.3 Å². The van der Waals surface area contributed by atoms with Crippen molar-refractivity contribution in [1.82, 2.24) is 19.4 Å². The maximum Gasteiger partial charge on any atom is 0.416 e. The molecule has 38 heavy (non-hydrogen) atoms. The fourth-order valence-electron chi connectivity index (χ4n) is 4.16. The molecule has 0 aliphatic heterocycles. The Balaban J connectivity index is 1.65. The highest BCUT2D eigenvalue weighted by Crippen LogP contribution is 2.36. The molecule has 1 N–H and O–H groups in total. The molecule has 3 aromatic heterocycles. The molecule has 5 aromatic rings. The number of alkyl halides is 3. The van der Waals surface area contributed by atoms with Crippen LogP contribution in [0.25, 0.3) is 38.7 Å². The summed E-state index contributed by atoms with van der Waals surface area (Å²) < 4.78 is 42.2. The van der Waals surface area contributed by atoms with E-state index < -0.39 is 11.7 Å². The molecule has 8 nitrogen and oxygen atoms in total. The summed E-state index contributed by atoms with van der Waals surface area (Å²) in [6.45, 7) is 2.09. The average molecular weight is 515 g/mol. The lowest BCUT2D eigenvalue weighted by molar-refractivity contribution is -0.137. The first kappa shape index (κ1) is 24.8. The molecular weight excluding hydrogens is 493 g/mol. The number of pyridine rings is 1. The first-order chi connectivity index (χ1) is 18.3. The zero-order chi connectivity index (χ0) is 26.7. The summed E-state index contributed by atoms with van der Waals surface area (Å²) in [6.07, 6.45) is -1.18. The van der Waals surface area contributed by atoms with E-state index in [1.807, 2.05) is 37.3 Å². The van der Waals surface area contributed by atoms with E-state index in [-0.39, 0.29) is 12.6 Å². The van der Waals surface area contributed by atoms with Crippen LogP contribution in [-0.4, -0.2) is 19.4 Å². The van der Waals surface area contributed by atoms with Crippen molar-refractivity contribution in [2.24, 2.45) is 5.11 Å². The van der Waals surface area contributed by atoms with Crippen molar-refractivity contribution < 1.29 is 13.2 Å². The second kappa shape index (κ2) is 10.2. The SMILES string of the molecule is C[C@@H](Nc1nccc(-c2c(-c3cccc(C(F)(F)F)c3)nc3ccc(CN=[N+]=[N-])cn23)n1)c1ccccc1. The van der Waals surface area contributed by atoms with Crippen LogP contribution >= 0.6 is 0 Å². The van der Waals surface area contributed by atoms with Gasteiger partial charge in [0.1, 0.15) is 5.65 Å². The molecule has 3 heterocycles. The Labute approximate surface area is 215 Å². The van der Waals surface area contributed by atoms with E-state index in [1.165, 1.54) is 6.07 Å². The monoisotopic (exact) mass is 514 g/mol. The molecule has 5 rings (SSSR count). The average Bonchev–Trinajstić information content (AvgIpc) is 3.31. The molecule has 1 atom stereocenters. The lowest BCUT2D eigenvalue weighted by Crippen LogP contribution is -2.09. The standard InChI is InChI=1S/C27H21F3N8/c1-17(19-6-3-2-4-7-19)34-26-32-13-12-22(35-26)25-24(20-8-5-9-21(14-20)27(28,29)30)36-23-11-10-18(15-33-37-31)16-38(23)25/h2-14,16-17H,15H2,1H3,(H,32,34,35)/t17-/m1/s1. The maximum atomic E-state index is 13.5. The van der Waals surface area contributed by atoms with Gasteiger partial charge in [-0.15, -0.1) is 0 Å². The van der Waals surface area contributed by atoms with Crippen LogP contribution in [0.3, 0.4) is 0 Å². The van der Waals surface area contributed by atoms with E-state index in [0.29, 0.717) is 39.8 Å². The summed E-state index contributed by atoms with van der Waals surface area (Å²) in [5.74, 6) is 0.356. The molecule has 0 radical (unpaired) electrons. The normalized spacial score (nSPS) is 12.2. The number of nitrogens with zero attached hydrogens (tertiary/aromatic N) is 7. The van der Waals surface area contributed by atoms with Gasteiger partial charge in [-0.2, -0.15) is 13.2 Å². The van der Waals surface area contributed by atoms with E-state index in [9.17, 15) is 13.2 Å². The highest BCUT2D eigenvalue weighted by Gasteiger charge is 2.31. The van der Waals surface area contributed by atoms with Crippen molar-refractivity contribution in [3.8, 4) is 22.6 Å². The van der Waals surface area contributed by atoms with E-state index in [1.54, 1.807) is 41.1 Å². The fraction of sp³-hybridized carbons (Fsp3) is 0.148. The van der Waals surface area contributed by atoms with Gasteiger partial charge in [-0.3, -0.25) is 4.40 Å². The molecule has 0 amide bonds. The number of hydrogen-bond acceptors (Lipinski definition) is 5. The summed E-state index contributed by atoms with van der Waals surface area (Å²) >= 11 is 0. The van der Waals surface area contributed by atoms with E-state index in [0.717, 1.165) is 17.7 Å². The number of halogens is 3. The largest absolute Gasteiger partial charge is 0.416 e. The number of azide groups is 1. The van der Waals surface area contributed by atoms with Gasteiger partial charge in [-0.25, -0.2) is 15.0 Å². The summed E-state index contributed by atoms with van der Waals surface area (Å²) in [4.78, 5) is 16.5. The van der Waals surface area contributed by atoms with Gasteiger partial charge < -0.3 is 5.32 Å². The summed E-state index contributed by atoms with van der Waals surface area (Å²) in [7, 11) is 0. The summed E-state index contributed by atoms with van der Waals surface area (Å²) in [5, 5.41) is 6.90. The van der Waals surface area contributed by atoms with Gasteiger partial charge in [0.15, 0.2) is 0 Å². The van der Waals surface area contributed by atoms with Crippen molar-refractivity contribution in [1.29, 1.82) is 0 Å². The Bertz CT molecular complexity index is 1640. The zero-order valence-electron chi connectivity index (χ0n) is 20.1. The molecule has 0 fully saturated rings. The molecule has 0 spiro atoms. The van der Waals surface area contributed by atoms with Crippen LogP contribution in [0.15, 0.2) is 90.3 Å². The minimum atomic E-state index is -4.50. The molecule has 0 aliphatic rings. The predicted molar refractivity (Wildman–Crippen MR) is 138 cm³/mol. The van der Waals surface area contributed by atoms with Crippen LogP contribution < -0.4 is 5.32 Å². The zero-order valence-corrected chi connectivity index (χ0v) is 20.1. The van der Waals surface area contributed by atoms with Gasteiger partial charge in [0.05, 0.1) is 35.2 Å². The quantitative estimate of drug-likeness (QED) is 0.138. The first-order valence-corrected chi connectivity index (χ1v) is 11.7. The highest BCUT2D eigenvalue weighted by molar-refractivity contribution is 5.81.